The van der Waals surface area contributed by atoms with Crippen LogP contribution in [0.15, 0.2) is 53.1 Å². The summed E-state index contributed by atoms with van der Waals surface area (Å²) in [6.07, 6.45) is 8.19. The normalized spacial score (nSPS) is 12.4. The van der Waals surface area contributed by atoms with Crippen LogP contribution >= 0.6 is 0 Å². The molecule has 4 aromatic heterocycles. The second-order valence-electron chi connectivity index (χ2n) is 7.25. The lowest BCUT2D eigenvalue weighted by Gasteiger charge is -2.03. The number of allylic oxidation sites excluding steroid dienone is 1. The number of nitrogens with zero attached hydrogens (tertiary/aromatic N) is 7. The molecule has 2 N–H and O–H groups in total. The summed E-state index contributed by atoms with van der Waals surface area (Å²) in [6, 6.07) is 5.02. The standard InChI is InChI=1S/C22H18FN9/c1-12(8-25-10-24-3)14-6-15-17(7-16(14)23)30-31-19(15)22-28-20-18(4-5-26-21(20)29-22)32-9-13(2)27-11-32/h4-11H,3H2,1-2H3,(H,30,31)(H,26,28,29)/b12-8+,25-10?. The van der Waals surface area contributed by atoms with E-state index in [-0.39, 0.29) is 5.82 Å². The summed E-state index contributed by atoms with van der Waals surface area (Å²) in [5.74, 6) is 0.142. The van der Waals surface area contributed by atoms with E-state index in [9.17, 15) is 4.39 Å². The summed E-state index contributed by atoms with van der Waals surface area (Å²) >= 11 is 0. The predicted molar refractivity (Wildman–Crippen MR) is 122 cm³/mol. The van der Waals surface area contributed by atoms with Crippen LogP contribution in [0.3, 0.4) is 0 Å². The molecular formula is C22H18FN9. The van der Waals surface area contributed by atoms with Crippen LogP contribution in [-0.2, 0) is 0 Å². The number of aryl methyl sites for hydroxylation is 1. The fraction of sp³-hybridized carbons (Fsp3) is 0.0909. The topological polar surface area (TPSA) is 113 Å². The molecule has 0 bridgehead atoms. The molecule has 0 radical (unpaired) electrons. The van der Waals surface area contributed by atoms with Crippen LogP contribution in [0.2, 0.25) is 0 Å². The molecule has 4 heterocycles. The van der Waals surface area contributed by atoms with Crippen LogP contribution in [-0.4, -0.2) is 47.8 Å². The van der Waals surface area contributed by atoms with Crippen LogP contribution in [0, 0.1) is 12.7 Å². The Morgan fingerprint density at radius 3 is 2.94 bits per heavy atom. The lowest BCUT2D eigenvalue weighted by molar-refractivity contribution is 0.625. The van der Waals surface area contributed by atoms with Gasteiger partial charge in [-0.25, -0.2) is 24.3 Å². The maximum absolute atomic E-state index is 14.7. The number of hydrogen-bond donors (Lipinski definition) is 2. The number of rotatable bonds is 5. The maximum atomic E-state index is 14.7. The van der Waals surface area contributed by atoms with Gasteiger partial charge in [-0.15, -0.1) is 0 Å². The van der Waals surface area contributed by atoms with Crippen LogP contribution < -0.4 is 0 Å². The largest absolute Gasteiger partial charge is 0.333 e. The molecule has 0 aliphatic carbocycles. The van der Waals surface area contributed by atoms with Gasteiger partial charge in [0.25, 0.3) is 0 Å². The zero-order valence-electron chi connectivity index (χ0n) is 17.3. The van der Waals surface area contributed by atoms with Crippen LogP contribution in [0.1, 0.15) is 18.2 Å². The number of pyridine rings is 1. The lowest BCUT2D eigenvalue weighted by atomic mass is 10.0. The molecule has 0 aliphatic rings. The van der Waals surface area contributed by atoms with E-state index in [1.54, 1.807) is 25.5 Å². The Hall–Kier alpha value is -4.47. The Morgan fingerprint density at radius 2 is 2.16 bits per heavy atom. The van der Waals surface area contributed by atoms with Gasteiger partial charge in [-0.2, -0.15) is 5.10 Å². The van der Waals surface area contributed by atoms with E-state index < -0.39 is 0 Å². The number of imidazole rings is 2. The second-order valence-corrected chi connectivity index (χ2v) is 7.25. The number of aliphatic imine (C=N–C) groups is 2. The molecule has 1 aromatic carbocycles. The van der Waals surface area contributed by atoms with Crippen molar-refractivity contribution >= 4 is 40.7 Å². The number of aromatic nitrogens is 7. The number of aromatic amines is 2. The highest BCUT2D eigenvalue weighted by atomic mass is 19.1. The third-order valence-electron chi connectivity index (χ3n) is 5.08. The molecule has 0 atom stereocenters. The molecule has 0 fully saturated rings. The van der Waals surface area contributed by atoms with Crippen LogP contribution in [0.25, 0.3) is 44.8 Å². The van der Waals surface area contributed by atoms with Crippen molar-refractivity contribution in [2.24, 2.45) is 9.98 Å². The summed E-state index contributed by atoms with van der Waals surface area (Å²) in [7, 11) is 0. The Bertz CT molecular complexity index is 1530. The Kier molecular flexibility index (Phi) is 4.66. The number of nitrogens with one attached hydrogen (secondary N) is 2. The quantitative estimate of drug-likeness (QED) is 0.323. The minimum absolute atomic E-state index is 0.382. The highest BCUT2D eigenvalue weighted by molar-refractivity contribution is 5.95. The van der Waals surface area contributed by atoms with E-state index in [0.717, 1.165) is 22.3 Å². The molecule has 158 valence electrons. The summed E-state index contributed by atoms with van der Waals surface area (Å²) in [5.41, 5.74) is 5.24. The van der Waals surface area contributed by atoms with Gasteiger partial charge >= 0.3 is 0 Å². The molecule has 0 aliphatic heterocycles. The fourth-order valence-corrected chi connectivity index (χ4v) is 3.56. The monoisotopic (exact) mass is 427 g/mol. The van der Waals surface area contributed by atoms with Crippen molar-refractivity contribution in [2.45, 2.75) is 13.8 Å². The first-order valence-corrected chi connectivity index (χ1v) is 9.73. The van der Waals surface area contributed by atoms with E-state index >= 15 is 0 Å². The van der Waals surface area contributed by atoms with Gasteiger partial charge in [0, 0.05) is 35.6 Å². The third kappa shape index (κ3) is 3.27. The Balaban J connectivity index is 1.65. The number of fused-ring (bicyclic) bond motifs is 2. The molecule has 0 unspecified atom stereocenters. The highest BCUT2D eigenvalue weighted by Gasteiger charge is 2.18. The molecule has 32 heavy (non-hydrogen) atoms. The van der Waals surface area contributed by atoms with E-state index in [2.05, 4.69) is 46.8 Å². The zero-order chi connectivity index (χ0) is 22.2. The SMILES string of the molecule is C=NC=N/C=C(\C)c1cc2c(-c3nc4nccc(-n5cnc(C)c5)c4[nH]3)n[nH]c2cc1F. The second kappa shape index (κ2) is 7.65. The van der Waals surface area contributed by atoms with Crippen molar-refractivity contribution < 1.29 is 4.39 Å². The van der Waals surface area contributed by atoms with Gasteiger partial charge in [0.1, 0.15) is 23.4 Å². The van der Waals surface area contributed by atoms with Gasteiger partial charge < -0.3 is 9.55 Å². The summed E-state index contributed by atoms with van der Waals surface area (Å²) < 4.78 is 16.6. The number of H-pyrrole nitrogens is 2. The lowest BCUT2D eigenvalue weighted by Crippen LogP contribution is -1.92. The minimum atomic E-state index is -0.382. The number of hydrogen-bond acceptors (Lipinski definition) is 5. The Labute approximate surface area is 181 Å². The molecule has 10 heteroatoms. The van der Waals surface area contributed by atoms with E-state index in [1.165, 1.54) is 18.6 Å². The fourth-order valence-electron chi connectivity index (χ4n) is 3.56. The molecule has 5 rings (SSSR count). The zero-order valence-corrected chi connectivity index (χ0v) is 17.3. The van der Waals surface area contributed by atoms with Crippen molar-refractivity contribution in [3.63, 3.8) is 0 Å². The molecule has 0 amide bonds. The van der Waals surface area contributed by atoms with Gasteiger partial charge in [-0.1, -0.05) is 0 Å². The first-order chi connectivity index (χ1) is 15.5. The first kappa shape index (κ1) is 19.5. The van der Waals surface area contributed by atoms with Crippen molar-refractivity contribution in [3.8, 4) is 17.2 Å². The smallest absolute Gasteiger partial charge is 0.180 e. The maximum Gasteiger partial charge on any atom is 0.180 e. The van der Waals surface area contributed by atoms with Crippen molar-refractivity contribution in [2.75, 3.05) is 0 Å². The van der Waals surface area contributed by atoms with Crippen LogP contribution in [0.5, 0.6) is 0 Å². The van der Waals surface area contributed by atoms with Gasteiger partial charge in [-0.3, -0.25) is 10.1 Å². The average Bonchev–Trinajstić information content (AvgIpc) is 3.50. The molecule has 5 aromatic rings. The van der Waals surface area contributed by atoms with Gasteiger partial charge in [0.2, 0.25) is 0 Å². The predicted octanol–water partition coefficient (Wildman–Crippen LogP) is 4.22. The molecule has 9 nitrogen and oxygen atoms in total. The van der Waals surface area contributed by atoms with Gasteiger partial charge in [0.05, 0.1) is 23.2 Å². The first-order valence-electron chi connectivity index (χ1n) is 9.73. The van der Waals surface area contributed by atoms with Crippen molar-refractivity contribution in [3.05, 3.63) is 60.2 Å². The van der Waals surface area contributed by atoms with E-state index in [1.807, 2.05) is 23.8 Å². The van der Waals surface area contributed by atoms with E-state index in [4.69, 9.17) is 0 Å². The van der Waals surface area contributed by atoms with Gasteiger partial charge in [0.15, 0.2) is 11.5 Å². The number of benzene rings is 1. The number of halogens is 1. The van der Waals surface area contributed by atoms with Crippen LogP contribution in [0.4, 0.5) is 4.39 Å². The summed E-state index contributed by atoms with van der Waals surface area (Å²) in [4.78, 5) is 24.1. The minimum Gasteiger partial charge on any atom is -0.333 e. The van der Waals surface area contributed by atoms with Crippen molar-refractivity contribution in [1.82, 2.24) is 34.7 Å². The molecule has 0 saturated carbocycles. The van der Waals surface area contributed by atoms with E-state index in [0.29, 0.717) is 33.8 Å². The molecule has 0 spiro atoms. The summed E-state index contributed by atoms with van der Waals surface area (Å²) in [5, 5.41) is 7.98. The Morgan fingerprint density at radius 1 is 1.28 bits per heavy atom. The summed E-state index contributed by atoms with van der Waals surface area (Å²) in [6.45, 7) is 7.03. The molecule has 0 saturated heterocycles. The van der Waals surface area contributed by atoms with Crippen molar-refractivity contribution in [1.29, 1.82) is 0 Å². The molecular weight excluding hydrogens is 409 g/mol. The average molecular weight is 427 g/mol. The van der Waals surface area contributed by atoms with Gasteiger partial charge in [-0.05, 0) is 38.3 Å². The highest BCUT2D eigenvalue weighted by Crippen LogP contribution is 2.31. The third-order valence-corrected chi connectivity index (χ3v) is 5.08.